The highest BCUT2D eigenvalue weighted by Crippen LogP contribution is 2.17. The number of hydrogen-bond acceptors (Lipinski definition) is 2. The number of aryl methyl sites for hydroxylation is 1. The molecule has 2 amide bonds. The molecule has 5 heteroatoms. The van der Waals surface area contributed by atoms with Gasteiger partial charge in [0, 0.05) is 18.5 Å². The maximum Gasteiger partial charge on any atom is 0.319 e. The number of carbonyl (C=O) groups is 1. The molecule has 0 bridgehead atoms. The summed E-state index contributed by atoms with van der Waals surface area (Å²) in [6.07, 6.45) is 2.57. The highest BCUT2D eigenvalue weighted by molar-refractivity contribution is 7.10. The van der Waals surface area contributed by atoms with E-state index in [9.17, 15) is 4.79 Å². The van der Waals surface area contributed by atoms with Crippen LogP contribution in [0.15, 0.2) is 41.8 Å². The predicted molar refractivity (Wildman–Crippen MR) is 95.2 cm³/mol. The highest BCUT2D eigenvalue weighted by atomic mass is 32.1. The molecule has 1 atom stereocenters. The lowest BCUT2D eigenvalue weighted by Gasteiger charge is -2.24. The number of quaternary nitrogens is 1. The molecule has 1 fully saturated rings. The summed E-state index contributed by atoms with van der Waals surface area (Å²) in [4.78, 5) is 15.1. The third-order valence-corrected chi connectivity index (χ3v) is 5.39. The van der Waals surface area contributed by atoms with Crippen molar-refractivity contribution in [2.24, 2.45) is 0 Å². The number of benzene rings is 1. The van der Waals surface area contributed by atoms with E-state index in [1.54, 1.807) is 16.2 Å². The van der Waals surface area contributed by atoms with E-state index in [-0.39, 0.29) is 6.03 Å². The van der Waals surface area contributed by atoms with Crippen molar-refractivity contribution >= 4 is 23.1 Å². The normalized spacial score (nSPS) is 16.2. The van der Waals surface area contributed by atoms with Gasteiger partial charge in [-0.1, -0.05) is 23.8 Å². The summed E-state index contributed by atoms with van der Waals surface area (Å²) in [5.41, 5.74) is 2.01. The number of thiophene rings is 1. The Balaban J connectivity index is 1.57. The van der Waals surface area contributed by atoms with Crippen molar-refractivity contribution < 1.29 is 9.69 Å². The van der Waals surface area contributed by atoms with Gasteiger partial charge in [-0.3, -0.25) is 0 Å². The summed E-state index contributed by atoms with van der Waals surface area (Å²) < 4.78 is 0. The first kappa shape index (κ1) is 16.0. The SMILES string of the molecule is Cc1ccc(NC(=O)NC[C@H](c2cccs2)[NH+]2CCCC2)cc1. The first-order chi connectivity index (χ1) is 11.2. The number of rotatable bonds is 5. The van der Waals surface area contributed by atoms with Gasteiger partial charge in [0.05, 0.1) is 24.5 Å². The average Bonchev–Trinajstić information content (AvgIpc) is 3.24. The van der Waals surface area contributed by atoms with E-state index in [1.807, 2.05) is 31.2 Å². The zero-order chi connectivity index (χ0) is 16.1. The minimum atomic E-state index is -0.131. The fourth-order valence-corrected chi connectivity index (χ4v) is 4.01. The lowest BCUT2D eigenvalue weighted by Crippen LogP contribution is -3.11. The van der Waals surface area contributed by atoms with Gasteiger partial charge in [-0.05, 0) is 30.5 Å². The molecule has 1 aromatic carbocycles. The van der Waals surface area contributed by atoms with Crippen molar-refractivity contribution in [1.29, 1.82) is 0 Å². The summed E-state index contributed by atoms with van der Waals surface area (Å²) in [6, 6.07) is 12.4. The number of likely N-dealkylation sites (tertiary alicyclic amines) is 1. The first-order valence-corrected chi connectivity index (χ1v) is 9.10. The Morgan fingerprint density at radius 2 is 1.96 bits per heavy atom. The lowest BCUT2D eigenvalue weighted by atomic mass is 10.2. The summed E-state index contributed by atoms with van der Waals surface area (Å²) >= 11 is 1.78. The van der Waals surface area contributed by atoms with Crippen molar-refractivity contribution in [2.45, 2.75) is 25.8 Å². The summed E-state index contributed by atoms with van der Waals surface area (Å²) in [5.74, 6) is 0. The summed E-state index contributed by atoms with van der Waals surface area (Å²) in [5, 5.41) is 8.07. The molecule has 1 aliphatic rings. The third kappa shape index (κ3) is 4.33. The van der Waals surface area contributed by atoms with Crippen LogP contribution in [0.25, 0.3) is 0 Å². The van der Waals surface area contributed by atoms with Gasteiger partial charge in [-0.25, -0.2) is 4.79 Å². The van der Waals surface area contributed by atoms with Crippen molar-refractivity contribution in [2.75, 3.05) is 25.0 Å². The zero-order valence-corrected chi connectivity index (χ0v) is 14.3. The summed E-state index contributed by atoms with van der Waals surface area (Å²) in [6.45, 7) is 5.11. The van der Waals surface area contributed by atoms with Crippen LogP contribution in [0.2, 0.25) is 0 Å². The molecule has 2 heterocycles. The molecular weight excluding hydrogens is 306 g/mol. The standard InChI is InChI=1S/C18H23N3OS/c1-14-6-8-15(9-7-14)20-18(22)19-13-16(17-5-4-12-23-17)21-10-2-3-11-21/h4-9,12,16H,2-3,10-11,13H2,1H3,(H2,19,20,22)/p+1/t16-/m1/s1. The Labute approximate surface area is 141 Å². The van der Waals surface area contributed by atoms with Gasteiger partial charge >= 0.3 is 6.03 Å². The number of nitrogens with one attached hydrogen (secondary N) is 3. The van der Waals surface area contributed by atoms with Crippen molar-refractivity contribution in [1.82, 2.24) is 5.32 Å². The molecule has 122 valence electrons. The van der Waals surface area contributed by atoms with Gasteiger partial charge in [-0.15, -0.1) is 11.3 Å². The Kier molecular flexibility index (Phi) is 5.31. The van der Waals surface area contributed by atoms with Gasteiger partial charge in [0.25, 0.3) is 0 Å². The van der Waals surface area contributed by atoms with Crippen LogP contribution >= 0.6 is 11.3 Å². The molecule has 2 aromatic rings. The lowest BCUT2D eigenvalue weighted by molar-refractivity contribution is -0.918. The molecule has 0 radical (unpaired) electrons. The Morgan fingerprint density at radius 1 is 1.22 bits per heavy atom. The van der Waals surface area contributed by atoms with Gasteiger partial charge < -0.3 is 15.5 Å². The van der Waals surface area contributed by atoms with E-state index >= 15 is 0 Å². The predicted octanol–water partition coefficient (Wildman–Crippen LogP) is 2.60. The topological polar surface area (TPSA) is 45.6 Å². The maximum absolute atomic E-state index is 12.2. The molecular formula is C18H24N3OS+. The largest absolute Gasteiger partial charge is 0.331 e. The van der Waals surface area contributed by atoms with Crippen LogP contribution in [-0.2, 0) is 0 Å². The fraction of sp³-hybridized carbons (Fsp3) is 0.389. The molecule has 1 saturated heterocycles. The number of hydrogen-bond donors (Lipinski definition) is 3. The van der Waals surface area contributed by atoms with Crippen LogP contribution in [0.3, 0.4) is 0 Å². The van der Waals surface area contributed by atoms with E-state index in [2.05, 4.69) is 28.1 Å². The van der Waals surface area contributed by atoms with Crippen LogP contribution in [0.5, 0.6) is 0 Å². The van der Waals surface area contributed by atoms with Gasteiger partial charge in [0.15, 0.2) is 0 Å². The second-order valence-electron chi connectivity index (χ2n) is 6.13. The second-order valence-corrected chi connectivity index (χ2v) is 7.11. The van der Waals surface area contributed by atoms with Gasteiger partial charge in [-0.2, -0.15) is 0 Å². The first-order valence-electron chi connectivity index (χ1n) is 8.22. The monoisotopic (exact) mass is 330 g/mol. The smallest absolute Gasteiger partial charge is 0.319 e. The average molecular weight is 330 g/mol. The minimum Gasteiger partial charge on any atom is -0.331 e. The third-order valence-electron chi connectivity index (χ3n) is 4.40. The molecule has 23 heavy (non-hydrogen) atoms. The number of anilines is 1. The van der Waals surface area contributed by atoms with E-state index in [4.69, 9.17) is 0 Å². The maximum atomic E-state index is 12.2. The van der Waals surface area contributed by atoms with Crippen LogP contribution < -0.4 is 15.5 Å². The molecule has 4 nitrogen and oxygen atoms in total. The van der Waals surface area contributed by atoms with E-state index < -0.39 is 0 Å². The molecule has 3 N–H and O–H groups in total. The molecule has 0 spiro atoms. The number of carbonyl (C=O) groups excluding carboxylic acids is 1. The van der Waals surface area contributed by atoms with Crippen molar-refractivity contribution in [3.63, 3.8) is 0 Å². The van der Waals surface area contributed by atoms with Gasteiger partial charge in [0.1, 0.15) is 6.04 Å². The molecule has 0 aliphatic carbocycles. The molecule has 1 aromatic heterocycles. The molecule has 1 aliphatic heterocycles. The second kappa shape index (κ2) is 7.62. The van der Waals surface area contributed by atoms with E-state index in [0.29, 0.717) is 12.6 Å². The zero-order valence-electron chi connectivity index (χ0n) is 13.5. The molecule has 0 saturated carbocycles. The van der Waals surface area contributed by atoms with Crippen LogP contribution in [0, 0.1) is 6.92 Å². The quantitative estimate of drug-likeness (QED) is 0.775. The van der Waals surface area contributed by atoms with Crippen LogP contribution in [0.4, 0.5) is 10.5 Å². The van der Waals surface area contributed by atoms with Crippen LogP contribution in [0.1, 0.15) is 29.3 Å². The van der Waals surface area contributed by atoms with E-state index in [1.165, 1.54) is 36.4 Å². The Morgan fingerprint density at radius 3 is 2.61 bits per heavy atom. The number of amides is 2. The minimum absolute atomic E-state index is 0.131. The Bertz CT molecular complexity index is 618. The van der Waals surface area contributed by atoms with Crippen LogP contribution in [-0.4, -0.2) is 25.7 Å². The van der Waals surface area contributed by atoms with Crippen molar-refractivity contribution in [3.8, 4) is 0 Å². The Hall–Kier alpha value is -1.85. The highest BCUT2D eigenvalue weighted by Gasteiger charge is 2.28. The van der Waals surface area contributed by atoms with E-state index in [0.717, 1.165) is 5.69 Å². The van der Waals surface area contributed by atoms with Gasteiger partial charge in [0.2, 0.25) is 0 Å². The fourth-order valence-electron chi connectivity index (χ4n) is 3.12. The molecule has 0 unspecified atom stereocenters. The van der Waals surface area contributed by atoms with Crippen molar-refractivity contribution in [3.05, 3.63) is 52.2 Å². The number of urea groups is 1. The molecule has 3 rings (SSSR count). The summed E-state index contributed by atoms with van der Waals surface area (Å²) in [7, 11) is 0.